The highest BCUT2D eigenvalue weighted by atomic mass is 32.2. The van der Waals surface area contributed by atoms with Gasteiger partial charge < -0.3 is 5.32 Å². The zero-order valence-corrected chi connectivity index (χ0v) is 19.4. The van der Waals surface area contributed by atoms with Gasteiger partial charge in [0, 0.05) is 17.8 Å². The molecular formula is C24H25N3O5S. The first-order chi connectivity index (χ1) is 15.6. The molecule has 0 fully saturated rings. The maximum atomic E-state index is 13.4. The van der Waals surface area contributed by atoms with Crippen molar-refractivity contribution in [2.45, 2.75) is 31.6 Å². The Morgan fingerprint density at radius 1 is 1.00 bits per heavy atom. The number of anilines is 2. The molecule has 0 atom stereocenters. The van der Waals surface area contributed by atoms with Crippen molar-refractivity contribution in [3.8, 4) is 0 Å². The van der Waals surface area contributed by atoms with Gasteiger partial charge in [0.05, 0.1) is 15.5 Å². The predicted octanol–water partition coefficient (Wildman–Crippen LogP) is 4.86. The SMILES string of the molecule is Cc1cccc(C(C)C)c1NC(=O)CN(c1ccc([N+](=O)[O-])cc1)S(=O)(=O)c1ccccc1. The summed E-state index contributed by atoms with van der Waals surface area (Å²) in [5.74, 6) is -0.372. The number of carbonyl (C=O) groups is 1. The monoisotopic (exact) mass is 467 g/mol. The van der Waals surface area contributed by atoms with Gasteiger partial charge in [-0.25, -0.2) is 8.42 Å². The second-order valence-electron chi connectivity index (χ2n) is 7.84. The molecule has 1 N–H and O–H groups in total. The number of rotatable bonds is 8. The number of para-hydroxylation sites is 1. The van der Waals surface area contributed by atoms with E-state index < -0.39 is 27.4 Å². The molecule has 3 aromatic rings. The van der Waals surface area contributed by atoms with Crippen LogP contribution in [0.3, 0.4) is 0 Å². The highest BCUT2D eigenvalue weighted by molar-refractivity contribution is 7.92. The molecule has 33 heavy (non-hydrogen) atoms. The minimum absolute atomic E-state index is 0.00918. The Hall–Kier alpha value is -3.72. The molecule has 0 aliphatic heterocycles. The van der Waals surface area contributed by atoms with E-state index in [2.05, 4.69) is 5.32 Å². The first-order valence-corrected chi connectivity index (χ1v) is 11.8. The summed E-state index contributed by atoms with van der Waals surface area (Å²) in [4.78, 5) is 23.5. The van der Waals surface area contributed by atoms with Crippen LogP contribution in [0.2, 0.25) is 0 Å². The Balaban J connectivity index is 1.99. The van der Waals surface area contributed by atoms with Gasteiger partial charge in [-0.1, -0.05) is 50.2 Å². The number of nitro benzene ring substituents is 1. The number of nitrogens with zero attached hydrogens (tertiary/aromatic N) is 2. The lowest BCUT2D eigenvalue weighted by atomic mass is 9.98. The van der Waals surface area contributed by atoms with E-state index in [0.29, 0.717) is 5.69 Å². The van der Waals surface area contributed by atoms with Crippen molar-refractivity contribution in [1.82, 2.24) is 0 Å². The molecule has 3 aromatic carbocycles. The average Bonchev–Trinajstić information content (AvgIpc) is 2.79. The average molecular weight is 468 g/mol. The van der Waals surface area contributed by atoms with Crippen LogP contribution in [0.15, 0.2) is 77.7 Å². The van der Waals surface area contributed by atoms with Crippen molar-refractivity contribution >= 4 is 33.0 Å². The van der Waals surface area contributed by atoms with Crippen molar-refractivity contribution in [2.75, 3.05) is 16.2 Å². The van der Waals surface area contributed by atoms with Gasteiger partial charge in [0.2, 0.25) is 5.91 Å². The van der Waals surface area contributed by atoms with Gasteiger partial charge in [-0.2, -0.15) is 0 Å². The van der Waals surface area contributed by atoms with Crippen molar-refractivity contribution in [3.05, 3.63) is 94.0 Å². The van der Waals surface area contributed by atoms with E-state index in [0.717, 1.165) is 15.4 Å². The van der Waals surface area contributed by atoms with Crippen molar-refractivity contribution < 1.29 is 18.1 Å². The smallest absolute Gasteiger partial charge is 0.269 e. The number of aryl methyl sites for hydroxylation is 1. The fourth-order valence-corrected chi connectivity index (χ4v) is 4.87. The van der Waals surface area contributed by atoms with Gasteiger partial charge in [0.1, 0.15) is 6.54 Å². The second-order valence-corrected chi connectivity index (χ2v) is 9.70. The van der Waals surface area contributed by atoms with E-state index in [-0.39, 0.29) is 22.2 Å². The number of hydrogen-bond donors (Lipinski definition) is 1. The van der Waals surface area contributed by atoms with Crippen LogP contribution in [0.5, 0.6) is 0 Å². The quantitative estimate of drug-likeness (QED) is 0.376. The summed E-state index contributed by atoms with van der Waals surface area (Å²) < 4.78 is 27.7. The molecule has 8 nitrogen and oxygen atoms in total. The summed E-state index contributed by atoms with van der Waals surface area (Å²) in [7, 11) is -4.11. The van der Waals surface area contributed by atoms with Crippen LogP contribution >= 0.6 is 0 Å². The van der Waals surface area contributed by atoms with Crippen LogP contribution in [0.4, 0.5) is 17.1 Å². The Morgan fingerprint density at radius 3 is 2.21 bits per heavy atom. The summed E-state index contributed by atoms with van der Waals surface area (Å²) in [6.07, 6.45) is 0. The Morgan fingerprint density at radius 2 is 1.64 bits per heavy atom. The molecule has 0 radical (unpaired) electrons. The number of sulfonamides is 1. The van der Waals surface area contributed by atoms with Crippen LogP contribution in [0.25, 0.3) is 0 Å². The Kier molecular flexibility index (Phi) is 7.13. The molecule has 0 aromatic heterocycles. The summed E-state index contributed by atoms with van der Waals surface area (Å²) >= 11 is 0. The number of hydrogen-bond acceptors (Lipinski definition) is 5. The Bertz CT molecular complexity index is 1260. The number of amides is 1. The van der Waals surface area contributed by atoms with E-state index in [1.165, 1.54) is 36.4 Å². The Labute approximate surface area is 193 Å². The van der Waals surface area contributed by atoms with E-state index >= 15 is 0 Å². The molecule has 3 rings (SSSR count). The summed E-state index contributed by atoms with van der Waals surface area (Å²) in [5.41, 5.74) is 2.42. The van der Waals surface area contributed by atoms with E-state index in [1.54, 1.807) is 18.2 Å². The molecule has 0 bridgehead atoms. The highest BCUT2D eigenvalue weighted by Gasteiger charge is 2.28. The van der Waals surface area contributed by atoms with Crippen LogP contribution in [0, 0.1) is 17.0 Å². The van der Waals surface area contributed by atoms with Crippen LogP contribution in [0.1, 0.15) is 30.9 Å². The standard InChI is InChI=1S/C24H25N3O5S/c1-17(2)22-11-7-8-18(3)24(22)25-23(28)16-26(19-12-14-20(15-13-19)27(29)30)33(31,32)21-9-5-4-6-10-21/h4-15,17H,16H2,1-3H3,(H,25,28). The van der Waals surface area contributed by atoms with Crippen LogP contribution < -0.4 is 9.62 Å². The lowest BCUT2D eigenvalue weighted by Gasteiger charge is -2.25. The lowest BCUT2D eigenvalue weighted by Crippen LogP contribution is -2.38. The van der Waals surface area contributed by atoms with Gasteiger partial charge in [-0.15, -0.1) is 0 Å². The largest absolute Gasteiger partial charge is 0.324 e. The van der Waals surface area contributed by atoms with E-state index in [4.69, 9.17) is 0 Å². The maximum Gasteiger partial charge on any atom is 0.269 e. The number of nitro groups is 1. The third-order valence-electron chi connectivity index (χ3n) is 5.16. The number of carbonyl (C=O) groups excluding carboxylic acids is 1. The van der Waals surface area contributed by atoms with Gasteiger partial charge in [0.25, 0.3) is 15.7 Å². The fraction of sp³-hybridized carbons (Fsp3) is 0.208. The predicted molar refractivity (Wildman–Crippen MR) is 128 cm³/mol. The molecule has 172 valence electrons. The van der Waals surface area contributed by atoms with Crippen LogP contribution in [-0.4, -0.2) is 25.8 Å². The first-order valence-electron chi connectivity index (χ1n) is 10.3. The van der Waals surface area contributed by atoms with Crippen molar-refractivity contribution in [3.63, 3.8) is 0 Å². The van der Waals surface area contributed by atoms with Crippen molar-refractivity contribution in [2.24, 2.45) is 0 Å². The molecule has 0 unspecified atom stereocenters. The number of non-ortho nitro benzene ring substituents is 1. The first kappa shape index (κ1) is 23.9. The number of benzene rings is 3. The zero-order valence-electron chi connectivity index (χ0n) is 18.6. The van der Waals surface area contributed by atoms with E-state index in [1.807, 2.05) is 39.0 Å². The molecule has 0 saturated heterocycles. The van der Waals surface area contributed by atoms with Gasteiger partial charge in [0.15, 0.2) is 0 Å². The molecular weight excluding hydrogens is 442 g/mol. The van der Waals surface area contributed by atoms with Gasteiger partial charge in [-0.05, 0) is 48.2 Å². The summed E-state index contributed by atoms with van der Waals surface area (Å²) in [6.45, 7) is 5.39. The maximum absolute atomic E-state index is 13.4. The molecule has 0 spiro atoms. The molecule has 0 heterocycles. The molecule has 0 aliphatic rings. The highest BCUT2D eigenvalue weighted by Crippen LogP contribution is 2.29. The second kappa shape index (κ2) is 9.83. The molecule has 9 heteroatoms. The van der Waals surface area contributed by atoms with Gasteiger partial charge in [-0.3, -0.25) is 19.2 Å². The third kappa shape index (κ3) is 5.38. The third-order valence-corrected chi connectivity index (χ3v) is 6.95. The normalized spacial score (nSPS) is 11.3. The molecule has 0 saturated carbocycles. The summed E-state index contributed by atoms with van der Waals surface area (Å²) in [6, 6.07) is 18.5. The van der Waals surface area contributed by atoms with Crippen molar-refractivity contribution in [1.29, 1.82) is 0 Å². The fourth-order valence-electron chi connectivity index (χ4n) is 3.43. The van der Waals surface area contributed by atoms with Crippen LogP contribution in [-0.2, 0) is 14.8 Å². The zero-order chi connectivity index (χ0) is 24.2. The minimum atomic E-state index is -4.11. The molecule has 1 amide bonds. The minimum Gasteiger partial charge on any atom is -0.324 e. The lowest BCUT2D eigenvalue weighted by molar-refractivity contribution is -0.384. The molecule has 0 aliphatic carbocycles. The van der Waals surface area contributed by atoms with E-state index in [9.17, 15) is 23.3 Å². The van der Waals surface area contributed by atoms with Gasteiger partial charge >= 0.3 is 0 Å². The summed E-state index contributed by atoms with van der Waals surface area (Å²) in [5, 5.41) is 13.9. The number of nitrogens with one attached hydrogen (secondary N) is 1. The topological polar surface area (TPSA) is 110 Å².